The molecule has 1 aliphatic carbocycles. The zero-order valence-corrected chi connectivity index (χ0v) is 15.4. The number of carbonyl (C=O) groups excluding carboxylic acids is 1. The van der Waals surface area contributed by atoms with Crippen LogP contribution in [0.15, 0.2) is 30.5 Å². The first-order valence-electron chi connectivity index (χ1n) is 8.62. The number of nitrogens with zero attached hydrogens (tertiary/aromatic N) is 1. The Labute approximate surface area is 152 Å². The van der Waals surface area contributed by atoms with Crippen molar-refractivity contribution in [2.75, 3.05) is 0 Å². The van der Waals surface area contributed by atoms with E-state index in [9.17, 15) is 4.79 Å². The summed E-state index contributed by atoms with van der Waals surface area (Å²) in [5, 5.41) is 3.30. The highest BCUT2D eigenvalue weighted by Crippen LogP contribution is 2.35. The van der Waals surface area contributed by atoms with Gasteiger partial charge in [-0.15, -0.1) is 0 Å². The van der Waals surface area contributed by atoms with Gasteiger partial charge in [-0.1, -0.05) is 48.2 Å². The summed E-state index contributed by atoms with van der Waals surface area (Å²) in [4.78, 5) is 16.0. The Morgan fingerprint density at radius 1 is 1.32 bits per heavy atom. The van der Waals surface area contributed by atoms with Gasteiger partial charge in [0.15, 0.2) is 0 Å². The van der Waals surface area contributed by atoms with Gasteiger partial charge in [0.05, 0.1) is 12.2 Å². The molecule has 5 heteroatoms. The van der Waals surface area contributed by atoms with Gasteiger partial charge in [-0.3, -0.25) is 4.79 Å². The molecule has 1 aliphatic rings. The van der Waals surface area contributed by atoms with Gasteiger partial charge in [-0.05, 0) is 43.4 Å². The van der Waals surface area contributed by atoms with Crippen molar-refractivity contribution in [2.24, 2.45) is 0 Å². The largest absolute Gasteiger partial charge is 0.431 e. The van der Waals surface area contributed by atoms with Crippen LogP contribution in [0.3, 0.4) is 0 Å². The molecular weight excluding hydrogens is 332 g/mol. The summed E-state index contributed by atoms with van der Waals surface area (Å²) in [6, 6.07) is 8.16. The minimum atomic E-state index is -0.188. The Morgan fingerprint density at radius 3 is 2.72 bits per heavy atom. The van der Waals surface area contributed by atoms with E-state index >= 15 is 0 Å². The molecule has 1 atom stereocenters. The maximum absolute atomic E-state index is 11.0. The van der Waals surface area contributed by atoms with E-state index in [-0.39, 0.29) is 11.9 Å². The molecule has 1 fully saturated rings. The van der Waals surface area contributed by atoms with Crippen molar-refractivity contribution in [3.8, 4) is 22.8 Å². The Hall–Kier alpha value is -2.32. The molecule has 0 bridgehead atoms. The standard InChI is InChI=1S/C20H22N2O2S/c1-14(22-15(2)23)7-12-19-13-21-20(25-19)24-18-10-8-17(9-11-18)16-5-3-4-6-16/h8-11,13-14,16H,3-6H2,1-2H3,(H,22,23). The third-order valence-electron chi connectivity index (χ3n) is 4.23. The Bertz CT molecular complexity index is 780. The normalized spacial score (nSPS) is 15.3. The average Bonchev–Trinajstić information content (AvgIpc) is 3.25. The number of carbonyl (C=O) groups is 1. The minimum absolute atomic E-state index is 0.0869. The van der Waals surface area contributed by atoms with Crippen molar-refractivity contribution in [2.45, 2.75) is 51.5 Å². The van der Waals surface area contributed by atoms with E-state index in [0.29, 0.717) is 11.1 Å². The van der Waals surface area contributed by atoms with Crippen LogP contribution >= 0.6 is 11.3 Å². The summed E-state index contributed by atoms with van der Waals surface area (Å²) in [6.45, 7) is 3.33. The quantitative estimate of drug-likeness (QED) is 0.824. The number of thiazole rings is 1. The lowest BCUT2D eigenvalue weighted by atomic mass is 9.98. The van der Waals surface area contributed by atoms with Crippen molar-refractivity contribution in [1.29, 1.82) is 0 Å². The fourth-order valence-electron chi connectivity index (χ4n) is 3.05. The summed E-state index contributed by atoms with van der Waals surface area (Å²) in [5.74, 6) is 7.41. The molecule has 1 amide bonds. The van der Waals surface area contributed by atoms with E-state index in [1.807, 2.05) is 19.1 Å². The van der Waals surface area contributed by atoms with Gasteiger partial charge in [0.1, 0.15) is 10.6 Å². The number of amides is 1. The second-order valence-corrected chi connectivity index (χ2v) is 7.33. The van der Waals surface area contributed by atoms with Gasteiger partial charge in [0.2, 0.25) is 5.91 Å². The zero-order valence-electron chi connectivity index (χ0n) is 14.5. The highest BCUT2D eigenvalue weighted by molar-refractivity contribution is 7.13. The molecule has 1 N–H and O–H groups in total. The lowest BCUT2D eigenvalue weighted by Gasteiger charge is -2.09. The van der Waals surface area contributed by atoms with Gasteiger partial charge in [0.25, 0.3) is 5.19 Å². The predicted octanol–water partition coefficient (Wildman–Crippen LogP) is 4.47. The van der Waals surface area contributed by atoms with Crippen molar-refractivity contribution in [1.82, 2.24) is 10.3 Å². The second kappa shape index (κ2) is 8.17. The first kappa shape index (κ1) is 17.5. The first-order valence-corrected chi connectivity index (χ1v) is 9.44. The van der Waals surface area contributed by atoms with Gasteiger partial charge >= 0.3 is 0 Å². The van der Waals surface area contributed by atoms with Crippen LogP contribution in [-0.2, 0) is 4.79 Å². The van der Waals surface area contributed by atoms with E-state index < -0.39 is 0 Å². The van der Waals surface area contributed by atoms with Crippen LogP contribution in [0, 0.1) is 11.8 Å². The van der Waals surface area contributed by atoms with E-state index in [1.54, 1.807) is 6.20 Å². The lowest BCUT2D eigenvalue weighted by molar-refractivity contribution is -0.119. The summed E-state index contributed by atoms with van der Waals surface area (Å²) in [6.07, 6.45) is 6.97. The van der Waals surface area contributed by atoms with Crippen molar-refractivity contribution >= 4 is 17.2 Å². The fourth-order valence-corrected chi connectivity index (χ4v) is 3.70. The van der Waals surface area contributed by atoms with Crippen molar-refractivity contribution in [3.05, 3.63) is 40.9 Å². The summed E-state index contributed by atoms with van der Waals surface area (Å²) < 4.78 is 5.82. The number of nitrogens with one attached hydrogen (secondary N) is 1. The number of ether oxygens (including phenoxy) is 1. The van der Waals surface area contributed by atoms with Crippen LogP contribution in [0.4, 0.5) is 0 Å². The zero-order chi connectivity index (χ0) is 17.6. The number of hydrogen-bond acceptors (Lipinski definition) is 4. The molecule has 130 valence electrons. The second-order valence-electron chi connectivity index (χ2n) is 6.33. The van der Waals surface area contributed by atoms with Crippen molar-refractivity contribution < 1.29 is 9.53 Å². The number of rotatable bonds is 4. The molecule has 4 nitrogen and oxygen atoms in total. The summed E-state index contributed by atoms with van der Waals surface area (Å²) >= 11 is 1.40. The molecule has 0 saturated heterocycles. The maximum atomic E-state index is 11.0. The molecule has 1 unspecified atom stereocenters. The summed E-state index contributed by atoms with van der Waals surface area (Å²) in [7, 11) is 0. The monoisotopic (exact) mass is 354 g/mol. The van der Waals surface area contributed by atoms with Crippen LogP contribution in [0.1, 0.15) is 55.9 Å². The van der Waals surface area contributed by atoms with Gasteiger partial charge in [-0.25, -0.2) is 4.98 Å². The van der Waals surface area contributed by atoms with E-state index in [4.69, 9.17) is 4.74 Å². The van der Waals surface area contributed by atoms with Crippen molar-refractivity contribution in [3.63, 3.8) is 0 Å². The topological polar surface area (TPSA) is 51.2 Å². The first-order chi connectivity index (χ1) is 12.1. The SMILES string of the molecule is CC(=O)NC(C)C#Cc1cnc(Oc2ccc(C3CCCC3)cc2)s1. The van der Waals surface area contributed by atoms with Crippen LogP contribution < -0.4 is 10.1 Å². The lowest BCUT2D eigenvalue weighted by Crippen LogP contribution is -2.28. The Balaban J connectivity index is 1.59. The fraction of sp³-hybridized carbons (Fsp3) is 0.400. The van der Waals surface area contributed by atoms with Gasteiger partial charge < -0.3 is 10.1 Å². The molecule has 1 aromatic carbocycles. The predicted molar refractivity (Wildman–Crippen MR) is 100.0 cm³/mol. The number of hydrogen-bond donors (Lipinski definition) is 1. The molecule has 0 aliphatic heterocycles. The molecule has 1 saturated carbocycles. The van der Waals surface area contributed by atoms with Gasteiger partial charge in [-0.2, -0.15) is 0 Å². The van der Waals surface area contributed by atoms with Crippen LogP contribution in [-0.4, -0.2) is 16.9 Å². The molecule has 1 aromatic heterocycles. The maximum Gasteiger partial charge on any atom is 0.279 e. The van der Waals surface area contributed by atoms with Crippen LogP contribution in [0.2, 0.25) is 0 Å². The molecule has 3 rings (SSSR count). The Kier molecular flexibility index (Phi) is 5.72. The highest BCUT2D eigenvalue weighted by atomic mass is 32.1. The highest BCUT2D eigenvalue weighted by Gasteiger charge is 2.16. The number of benzene rings is 1. The number of aromatic nitrogens is 1. The smallest absolute Gasteiger partial charge is 0.279 e. The third-order valence-corrected chi connectivity index (χ3v) is 5.02. The summed E-state index contributed by atoms with van der Waals surface area (Å²) in [5.41, 5.74) is 1.41. The average molecular weight is 354 g/mol. The Morgan fingerprint density at radius 2 is 2.04 bits per heavy atom. The minimum Gasteiger partial charge on any atom is -0.431 e. The molecule has 0 radical (unpaired) electrons. The molecule has 1 heterocycles. The van der Waals surface area contributed by atoms with Crippen LogP contribution in [0.5, 0.6) is 10.9 Å². The molecule has 2 aromatic rings. The van der Waals surface area contributed by atoms with E-state index in [2.05, 4.69) is 34.3 Å². The molecule has 25 heavy (non-hydrogen) atoms. The van der Waals surface area contributed by atoms with Gasteiger partial charge in [0, 0.05) is 6.92 Å². The van der Waals surface area contributed by atoms with Crippen LogP contribution in [0.25, 0.3) is 0 Å². The van der Waals surface area contributed by atoms with E-state index in [0.717, 1.165) is 10.6 Å². The molecule has 0 spiro atoms. The molecular formula is C20H22N2O2S. The third kappa shape index (κ3) is 5.07. The van der Waals surface area contributed by atoms with E-state index in [1.165, 1.54) is 49.5 Å².